The Morgan fingerprint density at radius 2 is 1.75 bits per heavy atom. The van der Waals surface area contributed by atoms with Crippen LogP contribution in [0.3, 0.4) is 0 Å². The van der Waals surface area contributed by atoms with Crippen molar-refractivity contribution in [2.45, 2.75) is 13.8 Å². The molecule has 0 nitrogen and oxygen atoms in total. The van der Waals surface area contributed by atoms with Gasteiger partial charge in [0.1, 0.15) is 0 Å². The summed E-state index contributed by atoms with van der Waals surface area (Å²) in [6.07, 6.45) is 6.41. The molecule has 0 saturated heterocycles. The molecule has 0 heterocycles. The topological polar surface area (TPSA) is 0 Å². The predicted octanol–water partition coefficient (Wildman–Crippen LogP) is 1.45. The van der Waals surface area contributed by atoms with Gasteiger partial charge in [0.2, 0.25) is 0 Å². The minimum absolute atomic E-state index is 0. The maximum absolute atomic E-state index is 2.17. The van der Waals surface area contributed by atoms with Crippen molar-refractivity contribution >= 4 is 18.9 Å². The molecule has 0 spiro atoms. The summed E-state index contributed by atoms with van der Waals surface area (Å²) in [7, 11) is 0. The number of allylic oxidation sites excluding steroid dienone is 4. The van der Waals surface area contributed by atoms with E-state index in [1.54, 1.807) is 0 Å². The molecule has 0 bridgehead atoms. The molecule has 1 rings (SSSR count). The molecular formula is C7H10Li. The molecule has 8 heavy (non-hydrogen) atoms. The molecule has 0 fully saturated rings. The molecule has 0 aromatic carbocycles. The van der Waals surface area contributed by atoms with Crippen molar-refractivity contribution in [3.05, 3.63) is 29.7 Å². The van der Waals surface area contributed by atoms with Crippen LogP contribution in [0.2, 0.25) is 0 Å². The van der Waals surface area contributed by atoms with Crippen LogP contribution in [0.5, 0.6) is 0 Å². The van der Waals surface area contributed by atoms with Gasteiger partial charge in [-0.3, -0.25) is 0 Å². The van der Waals surface area contributed by atoms with E-state index in [1.165, 1.54) is 11.5 Å². The summed E-state index contributed by atoms with van der Waals surface area (Å²) < 4.78 is 0. The van der Waals surface area contributed by atoms with E-state index in [2.05, 4.69) is 32.1 Å². The van der Waals surface area contributed by atoms with E-state index in [-0.39, 0.29) is 18.9 Å². The van der Waals surface area contributed by atoms with Crippen molar-refractivity contribution in [1.82, 2.24) is 0 Å². The summed E-state index contributed by atoms with van der Waals surface area (Å²) >= 11 is 0. The van der Waals surface area contributed by atoms with Gasteiger partial charge in [-0.1, -0.05) is 30.7 Å². The van der Waals surface area contributed by atoms with E-state index < -0.39 is 0 Å². The third-order valence-electron chi connectivity index (χ3n) is 1.06. The second-order valence-electron chi connectivity index (χ2n) is 1.97. The normalized spacial score (nSPS) is 18.0. The van der Waals surface area contributed by atoms with Gasteiger partial charge in [-0.05, 0) is 6.92 Å². The third kappa shape index (κ3) is 1.90. The molecule has 1 aliphatic rings. The molecule has 39 valence electrons. The van der Waals surface area contributed by atoms with E-state index >= 15 is 0 Å². The average molecular weight is 101 g/mol. The Hall–Kier alpha value is 0.0774. The van der Waals surface area contributed by atoms with E-state index in [9.17, 15) is 0 Å². The summed E-state index contributed by atoms with van der Waals surface area (Å²) in [5.41, 5.74) is 1.36. The van der Waals surface area contributed by atoms with Crippen molar-refractivity contribution in [3.63, 3.8) is 0 Å². The molecule has 0 atom stereocenters. The molecule has 0 N–H and O–H groups in total. The van der Waals surface area contributed by atoms with E-state index in [4.69, 9.17) is 0 Å². The third-order valence-corrected chi connectivity index (χ3v) is 1.06. The fraction of sp³-hybridized carbons (Fsp3) is 0.286. The second kappa shape index (κ2) is 3.17. The van der Waals surface area contributed by atoms with Crippen molar-refractivity contribution < 1.29 is 0 Å². The number of hydrogen-bond acceptors (Lipinski definition) is 0. The molecule has 0 aromatic heterocycles. The fourth-order valence-electron chi connectivity index (χ4n) is 0.718. The van der Waals surface area contributed by atoms with Gasteiger partial charge in [0.05, 0.1) is 0 Å². The van der Waals surface area contributed by atoms with Gasteiger partial charge >= 0.3 is 18.9 Å². The number of rotatable bonds is 0. The Bertz CT molecular complexity index is 122. The first-order valence-corrected chi connectivity index (χ1v) is 2.49. The van der Waals surface area contributed by atoms with Crippen molar-refractivity contribution in [2.24, 2.45) is 0 Å². The summed E-state index contributed by atoms with van der Waals surface area (Å²) in [4.78, 5) is 0. The van der Waals surface area contributed by atoms with Crippen molar-refractivity contribution in [2.75, 3.05) is 0 Å². The zero-order valence-electron chi connectivity index (χ0n) is 4.73. The monoisotopic (exact) mass is 101 g/mol. The minimum atomic E-state index is 0. The Labute approximate surface area is 62.8 Å². The molecule has 1 aliphatic carbocycles. The van der Waals surface area contributed by atoms with Crippen LogP contribution in [0.4, 0.5) is 0 Å². The predicted molar refractivity (Wildman–Crippen MR) is 39.0 cm³/mol. The Balaban J connectivity index is 0.000000490. The van der Waals surface area contributed by atoms with Crippen LogP contribution in [-0.2, 0) is 0 Å². The molecule has 0 unspecified atom stereocenters. The molecule has 0 amide bonds. The van der Waals surface area contributed by atoms with Gasteiger partial charge in [-0.25, -0.2) is 0 Å². The van der Waals surface area contributed by atoms with E-state index in [0.717, 1.165) is 0 Å². The first kappa shape index (κ1) is 8.08. The van der Waals surface area contributed by atoms with Crippen LogP contribution in [0.15, 0.2) is 23.8 Å². The van der Waals surface area contributed by atoms with Crippen LogP contribution < -0.4 is 0 Å². The quantitative estimate of drug-likeness (QED) is 0.405. The first-order valence-electron chi connectivity index (χ1n) is 2.49. The standard InChI is InChI=1S/C7H9.Li.H/c1-6-3-4-7(2)5-6;;/h3-5H,1-2H3;;. The Morgan fingerprint density at radius 1 is 1.12 bits per heavy atom. The average Bonchev–Trinajstić information content (AvgIpc) is 1.87. The molecule has 0 saturated carbocycles. The summed E-state index contributed by atoms with van der Waals surface area (Å²) in [6.45, 7) is 4.21. The summed E-state index contributed by atoms with van der Waals surface area (Å²) in [5.74, 6) is 1.36. The summed E-state index contributed by atoms with van der Waals surface area (Å²) in [5, 5.41) is 0. The van der Waals surface area contributed by atoms with Crippen LogP contribution in [-0.4, -0.2) is 18.9 Å². The van der Waals surface area contributed by atoms with Crippen LogP contribution in [0, 0.1) is 5.92 Å². The molecule has 1 heteroatoms. The fourth-order valence-corrected chi connectivity index (χ4v) is 0.718. The first-order chi connectivity index (χ1) is 3.29. The molecule has 0 aliphatic heterocycles. The van der Waals surface area contributed by atoms with Gasteiger partial charge in [0, 0.05) is 5.92 Å². The van der Waals surface area contributed by atoms with E-state index in [0.29, 0.717) is 0 Å². The maximum atomic E-state index is 2.17. The zero-order chi connectivity index (χ0) is 5.28. The number of hydrogen-bond donors (Lipinski definition) is 0. The second-order valence-corrected chi connectivity index (χ2v) is 1.97. The molecule has 1 radical (unpaired) electrons. The van der Waals surface area contributed by atoms with Crippen LogP contribution in [0.1, 0.15) is 13.8 Å². The van der Waals surface area contributed by atoms with Gasteiger partial charge in [-0.2, -0.15) is 0 Å². The van der Waals surface area contributed by atoms with Gasteiger partial charge in [-0.15, -0.1) is 0 Å². The van der Waals surface area contributed by atoms with Crippen molar-refractivity contribution in [3.8, 4) is 0 Å². The zero-order valence-corrected chi connectivity index (χ0v) is 4.73. The van der Waals surface area contributed by atoms with E-state index in [1.807, 2.05) is 0 Å². The van der Waals surface area contributed by atoms with Gasteiger partial charge in [0.15, 0.2) is 0 Å². The Kier molecular flexibility index (Phi) is 3.20. The van der Waals surface area contributed by atoms with Crippen molar-refractivity contribution in [1.29, 1.82) is 0 Å². The van der Waals surface area contributed by atoms with Gasteiger partial charge in [0.25, 0.3) is 0 Å². The van der Waals surface area contributed by atoms with Crippen LogP contribution in [0.25, 0.3) is 0 Å². The SMILES string of the molecule is C[C]1C=CC(C)=C1.[LiH]. The summed E-state index contributed by atoms with van der Waals surface area (Å²) in [6, 6.07) is 0. The Morgan fingerprint density at radius 3 is 1.88 bits per heavy atom. The molecular weight excluding hydrogens is 91.0 g/mol. The van der Waals surface area contributed by atoms with Gasteiger partial charge < -0.3 is 0 Å². The van der Waals surface area contributed by atoms with Crippen LogP contribution >= 0.6 is 0 Å². The molecule has 0 aromatic rings.